The number of alkyl halides is 2. The quantitative estimate of drug-likeness (QED) is 0.162. The number of esters is 2. The van der Waals surface area contributed by atoms with Gasteiger partial charge in [0.15, 0.2) is 6.10 Å². The first kappa shape index (κ1) is 25.0. The van der Waals surface area contributed by atoms with Crippen molar-refractivity contribution in [2.24, 2.45) is 0 Å². The van der Waals surface area contributed by atoms with Crippen LogP contribution in [0.15, 0.2) is 91.0 Å². The molecule has 3 aromatic carbocycles. The van der Waals surface area contributed by atoms with E-state index in [1.165, 1.54) is 60.7 Å². The largest absolute Gasteiger partial charge is 0.589 e. The highest BCUT2D eigenvalue weighted by Gasteiger charge is 2.66. The molecule has 36 heavy (non-hydrogen) atoms. The third kappa shape index (κ3) is 5.09. The third-order valence-corrected chi connectivity index (χ3v) is 5.37. The molecule has 0 spiro atoms. The van der Waals surface area contributed by atoms with Crippen LogP contribution in [0.3, 0.4) is 0 Å². The van der Waals surface area contributed by atoms with E-state index in [1.807, 2.05) is 0 Å². The molecule has 186 valence electrons. The normalized spacial score (nSPS) is 23.0. The zero-order valence-corrected chi connectivity index (χ0v) is 18.6. The molecule has 4 rings (SSSR count). The van der Waals surface area contributed by atoms with Crippen molar-refractivity contribution in [3.8, 4) is 0 Å². The summed E-state index contributed by atoms with van der Waals surface area (Å²) in [5, 5.41) is 12.6. The maximum atomic E-state index is 15.7. The number of hydrogen-bond donors (Lipinski definition) is 0. The van der Waals surface area contributed by atoms with E-state index in [0.717, 1.165) is 0 Å². The minimum atomic E-state index is -3.93. The average Bonchev–Trinajstić information content (AvgIpc) is 3.17. The predicted molar refractivity (Wildman–Crippen MR) is 118 cm³/mol. The summed E-state index contributed by atoms with van der Waals surface area (Å²) in [4.78, 5) is 37.4. The molecule has 0 amide bonds. The van der Waals surface area contributed by atoms with Crippen LogP contribution in [0.5, 0.6) is 0 Å². The van der Waals surface area contributed by atoms with Crippen LogP contribution < -0.4 is 5.26 Å². The molecule has 1 aliphatic rings. The average molecular weight is 498 g/mol. The minimum Gasteiger partial charge on any atom is -0.589 e. The Hall–Kier alpha value is -4.15. The molecule has 4 atom stereocenters. The maximum Gasteiger partial charge on any atom is 0.557 e. The summed E-state index contributed by atoms with van der Waals surface area (Å²) in [5.41, 5.74) is -0.0779. The lowest BCUT2D eigenvalue weighted by Crippen LogP contribution is -2.54. The molecular weight excluding hydrogens is 478 g/mol. The van der Waals surface area contributed by atoms with E-state index in [0.29, 0.717) is 0 Å². The summed E-state index contributed by atoms with van der Waals surface area (Å²) in [6.07, 6.45) is -6.72. The van der Waals surface area contributed by atoms with E-state index in [1.54, 1.807) is 30.3 Å². The van der Waals surface area contributed by atoms with Crippen molar-refractivity contribution in [3.63, 3.8) is 0 Å². The predicted octanol–water partition coefficient (Wildman–Crippen LogP) is 3.10. The van der Waals surface area contributed by atoms with E-state index in [2.05, 4.69) is 0 Å². The lowest BCUT2D eigenvalue weighted by Gasteiger charge is -2.36. The molecule has 1 fully saturated rings. The van der Waals surface area contributed by atoms with E-state index in [4.69, 9.17) is 14.2 Å². The second kappa shape index (κ2) is 10.6. The van der Waals surface area contributed by atoms with Crippen LogP contribution in [-0.2, 0) is 18.7 Å². The highest BCUT2D eigenvalue weighted by atomic mass is 19.2. The summed E-state index contributed by atoms with van der Waals surface area (Å²) in [7, 11) is 0. The van der Waals surface area contributed by atoms with Crippen molar-refractivity contribution in [1.82, 2.24) is 0 Å². The van der Waals surface area contributed by atoms with Gasteiger partial charge in [0, 0.05) is 4.79 Å². The van der Waals surface area contributed by atoms with Crippen LogP contribution in [0.4, 0.5) is 8.78 Å². The van der Waals surface area contributed by atoms with Gasteiger partial charge in [-0.2, -0.15) is 0 Å². The van der Waals surface area contributed by atoms with Gasteiger partial charge >= 0.3 is 23.9 Å². The molecule has 0 saturated carbocycles. The molecule has 10 heteroatoms. The van der Waals surface area contributed by atoms with Gasteiger partial charge in [0.2, 0.25) is 0 Å². The fraction of sp³-hybridized carbons (Fsp3) is 0.192. The van der Waals surface area contributed by atoms with Gasteiger partial charge < -0.3 is 19.2 Å². The van der Waals surface area contributed by atoms with Crippen LogP contribution in [0, 0.1) is 0 Å². The summed E-state index contributed by atoms with van der Waals surface area (Å²) in [6, 6.07) is 18.1. The van der Waals surface area contributed by atoms with Gasteiger partial charge in [-0.3, -0.25) is 4.74 Å². The molecule has 1 aliphatic heterocycles. The van der Waals surface area contributed by atoms with E-state index in [9.17, 15) is 19.6 Å². The second-order valence-corrected chi connectivity index (χ2v) is 7.76. The second-order valence-electron chi connectivity index (χ2n) is 7.76. The number of hydrogen-bond acceptors (Lipinski definition) is 7. The summed E-state index contributed by atoms with van der Waals surface area (Å²) in [5.74, 6) is -3.37. The first-order chi connectivity index (χ1) is 17.3. The Kier molecular flexibility index (Phi) is 7.37. The van der Waals surface area contributed by atoms with Gasteiger partial charge in [0.05, 0.1) is 11.1 Å². The van der Waals surface area contributed by atoms with E-state index in [-0.39, 0.29) is 21.2 Å². The highest BCUT2D eigenvalue weighted by Crippen LogP contribution is 2.41. The topological polar surface area (TPSA) is 105 Å². The highest BCUT2D eigenvalue weighted by molar-refractivity contribution is 5.91. The van der Waals surface area contributed by atoms with Crippen LogP contribution >= 0.6 is 0 Å². The third-order valence-electron chi connectivity index (χ3n) is 5.37. The lowest BCUT2D eigenvalue weighted by atomic mass is 10.1. The minimum absolute atomic E-state index is 0.0214. The molecule has 0 aliphatic carbocycles. The van der Waals surface area contributed by atoms with Crippen LogP contribution in [-0.4, -0.2) is 48.9 Å². The summed E-state index contributed by atoms with van der Waals surface area (Å²) >= 11 is 0. The Morgan fingerprint density at radius 1 is 0.833 bits per heavy atom. The molecule has 3 aromatic rings. The molecule has 8 nitrogen and oxygen atoms in total. The number of halogens is 2. The molecule has 0 radical (unpaired) electrons. The molecule has 0 unspecified atom stereocenters. The number of benzene rings is 3. The zero-order chi connectivity index (χ0) is 25.7. The summed E-state index contributed by atoms with van der Waals surface area (Å²) < 4.78 is 46.5. The van der Waals surface area contributed by atoms with Gasteiger partial charge in [-0.25, -0.2) is 14.0 Å². The van der Waals surface area contributed by atoms with Gasteiger partial charge in [-0.1, -0.05) is 54.6 Å². The Labute approximate surface area is 204 Å². The van der Waals surface area contributed by atoms with Gasteiger partial charge in [0.1, 0.15) is 18.3 Å². The lowest BCUT2D eigenvalue weighted by molar-refractivity contribution is -0.818. The van der Waals surface area contributed by atoms with Gasteiger partial charge in [-0.05, 0) is 36.4 Å². The van der Waals surface area contributed by atoms with Crippen molar-refractivity contribution in [2.75, 3.05) is 6.61 Å². The van der Waals surface area contributed by atoms with Gasteiger partial charge in [0.25, 0.3) is 6.17 Å². The van der Waals surface area contributed by atoms with Crippen LogP contribution in [0.2, 0.25) is 0 Å². The maximum absolute atomic E-state index is 15.7. The molecule has 0 bridgehead atoms. The first-order valence-electron chi connectivity index (χ1n) is 10.8. The van der Waals surface area contributed by atoms with E-state index >= 15 is 8.78 Å². The SMILES string of the molecule is O=C(OC[C@H]1O[C@](F)([O+]([O-])C(=O)c2ccccc2)[C@H](F)[C@@H]1OC(=O)c1ccccc1)c1ccccc1. The number of carbonyl (C=O) groups is 3. The Morgan fingerprint density at radius 2 is 1.31 bits per heavy atom. The van der Waals surface area contributed by atoms with Crippen molar-refractivity contribution in [2.45, 2.75) is 24.4 Å². The van der Waals surface area contributed by atoms with Crippen LogP contribution in [0.1, 0.15) is 31.1 Å². The standard InChI is InChI=1S/C26H20F2O8/c27-22-21(34-24(30)18-12-6-2-7-13-18)20(16-33-23(29)17-10-4-1-5-11-17)35-26(22,28)36(32)25(31)19-14-8-3-9-15-19/h1-15,20-22H,16H2/t20-,21-,22-,26+/m1/s1. The summed E-state index contributed by atoms with van der Waals surface area (Å²) in [6.45, 7) is -0.777. The number of ether oxygens (including phenoxy) is 3. The zero-order valence-electron chi connectivity index (χ0n) is 18.6. The van der Waals surface area contributed by atoms with Crippen molar-refractivity contribution in [1.29, 1.82) is 0 Å². The Morgan fingerprint density at radius 3 is 1.83 bits per heavy atom. The molecular formula is C26H20F2O8. The van der Waals surface area contributed by atoms with Crippen molar-refractivity contribution < 1.29 is 47.2 Å². The fourth-order valence-electron chi connectivity index (χ4n) is 3.52. The van der Waals surface area contributed by atoms with E-state index < -0.39 is 48.9 Å². The molecule has 1 saturated heterocycles. The number of carbonyl (C=O) groups excluding carboxylic acids is 3. The number of rotatable bonds is 7. The Bertz CT molecular complexity index is 1210. The molecule has 0 N–H and O–H groups in total. The van der Waals surface area contributed by atoms with Crippen molar-refractivity contribution in [3.05, 3.63) is 108 Å². The smallest absolute Gasteiger partial charge is 0.557 e. The van der Waals surface area contributed by atoms with Gasteiger partial charge in [-0.15, -0.1) is 4.39 Å². The molecule has 1 heterocycles. The first-order valence-corrected chi connectivity index (χ1v) is 10.8. The fourth-order valence-corrected chi connectivity index (χ4v) is 3.52. The Balaban J connectivity index is 1.57. The van der Waals surface area contributed by atoms with Crippen molar-refractivity contribution >= 4 is 17.9 Å². The monoisotopic (exact) mass is 498 g/mol. The van der Waals surface area contributed by atoms with Crippen LogP contribution in [0.25, 0.3) is 0 Å². The molecule has 0 aromatic heterocycles.